The fourth-order valence-corrected chi connectivity index (χ4v) is 4.41. The molecule has 0 spiro atoms. The molecule has 0 unspecified atom stereocenters. The Hall–Kier alpha value is -3.52. The number of anilines is 2. The normalized spacial score (nSPS) is 13.4. The van der Waals surface area contributed by atoms with E-state index < -0.39 is 0 Å². The summed E-state index contributed by atoms with van der Waals surface area (Å²) in [4.78, 5) is 4.82. The number of nitrogens with zero attached hydrogens (tertiary/aromatic N) is 3. The predicted octanol–water partition coefficient (Wildman–Crippen LogP) is 5.77. The van der Waals surface area contributed by atoms with Gasteiger partial charge in [0.15, 0.2) is 5.65 Å². The zero-order valence-electron chi connectivity index (χ0n) is 17.3. The third kappa shape index (κ3) is 3.05. The van der Waals surface area contributed by atoms with Crippen molar-refractivity contribution in [3.8, 4) is 11.8 Å². The van der Waals surface area contributed by atoms with Crippen LogP contribution in [0.1, 0.15) is 43.4 Å². The summed E-state index contributed by atoms with van der Waals surface area (Å²) < 4.78 is 7.90. The summed E-state index contributed by atoms with van der Waals surface area (Å²) >= 11 is 0. The average Bonchev–Trinajstić information content (AvgIpc) is 3.14. The van der Waals surface area contributed by atoms with Crippen molar-refractivity contribution in [1.29, 1.82) is 5.26 Å². The van der Waals surface area contributed by atoms with E-state index in [9.17, 15) is 5.26 Å². The number of imidazole rings is 1. The molecule has 1 N–H and O–H groups in total. The van der Waals surface area contributed by atoms with Crippen LogP contribution in [0.3, 0.4) is 0 Å². The van der Waals surface area contributed by atoms with Crippen molar-refractivity contribution in [3.05, 3.63) is 65.2 Å². The molecule has 30 heavy (non-hydrogen) atoms. The lowest BCUT2D eigenvalue weighted by atomic mass is 9.89. The Kier molecular flexibility index (Phi) is 4.55. The molecule has 2 aromatic heterocycles. The van der Waals surface area contributed by atoms with Gasteiger partial charge in [-0.2, -0.15) is 5.26 Å². The minimum Gasteiger partial charge on any atom is -0.491 e. The van der Waals surface area contributed by atoms with Crippen molar-refractivity contribution in [3.63, 3.8) is 0 Å². The molecule has 1 aliphatic carbocycles. The Bertz CT molecular complexity index is 1280. The van der Waals surface area contributed by atoms with Crippen molar-refractivity contribution >= 4 is 28.2 Å². The number of ether oxygens (including phenoxy) is 1. The highest BCUT2D eigenvalue weighted by Gasteiger charge is 2.24. The van der Waals surface area contributed by atoms with Crippen LogP contribution in [0.25, 0.3) is 16.7 Å². The van der Waals surface area contributed by atoms with E-state index in [1.807, 2.05) is 56.3 Å². The van der Waals surface area contributed by atoms with Gasteiger partial charge in [0.1, 0.15) is 17.6 Å². The van der Waals surface area contributed by atoms with Gasteiger partial charge in [0.05, 0.1) is 22.7 Å². The molecule has 150 valence electrons. The van der Waals surface area contributed by atoms with Crippen LogP contribution in [0.5, 0.6) is 5.75 Å². The van der Waals surface area contributed by atoms with Crippen LogP contribution in [0.2, 0.25) is 0 Å². The summed E-state index contributed by atoms with van der Waals surface area (Å²) in [6.45, 7) is 4.05. The van der Waals surface area contributed by atoms with Crippen molar-refractivity contribution in [1.82, 2.24) is 9.38 Å². The van der Waals surface area contributed by atoms with E-state index >= 15 is 0 Å². The molecule has 0 saturated carbocycles. The van der Waals surface area contributed by atoms with Gasteiger partial charge in [0.25, 0.3) is 0 Å². The maximum Gasteiger partial charge on any atom is 0.157 e. The average molecular weight is 396 g/mol. The lowest BCUT2D eigenvalue weighted by molar-refractivity contribution is 0.242. The number of nitrogens with one attached hydrogen (secondary N) is 1. The number of nitriles is 1. The van der Waals surface area contributed by atoms with Gasteiger partial charge >= 0.3 is 0 Å². The Morgan fingerprint density at radius 3 is 2.50 bits per heavy atom. The summed E-state index contributed by atoms with van der Waals surface area (Å²) in [5.74, 6) is 1.88. The molecule has 0 amide bonds. The molecule has 5 rings (SSSR count). The first kappa shape index (κ1) is 18.5. The van der Waals surface area contributed by atoms with Gasteiger partial charge in [-0.1, -0.05) is 12.1 Å². The van der Waals surface area contributed by atoms with Crippen LogP contribution in [0, 0.1) is 11.3 Å². The topological polar surface area (TPSA) is 62.3 Å². The van der Waals surface area contributed by atoms with Crippen LogP contribution in [-0.4, -0.2) is 15.5 Å². The third-order valence-corrected chi connectivity index (χ3v) is 5.66. The minimum absolute atomic E-state index is 0.145. The standard InChI is InChI=1S/C25H24N4O/c1-16(2)30-18-13-11-17(12-14-18)27-24-20-8-4-3-7-19(20)21(15-26)25-28-22-9-5-6-10-23(22)29(24)25/h5-6,9-14,16,27H,3-4,7-8H2,1-2H3. The Labute approximate surface area is 175 Å². The summed E-state index contributed by atoms with van der Waals surface area (Å²) in [5, 5.41) is 13.6. The van der Waals surface area contributed by atoms with Gasteiger partial charge in [0, 0.05) is 5.69 Å². The molecule has 0 atom stereocenters. The highest BCUT2D eigenvalue weighted by molar-refractivity contribution is 5.87. The van der Waals surface area contributed by atoms with E-state index in [2.05, 4.69) is 21.9 Å². The van der Waals surface area contributed by atoms with Gasteiger partial charge < -0.3 is 10.1 Å². The van der Waals surface area contributed by atoms with Gasteiger partial charge in [0.2, 0.25) is 0 Å². The van der Waals surface area contributed by atoms with E-state index in [1.165, 1.54) is 5.56 Å². The van der Waals surface area contributed by atoms with Gasteiger partial charge in [-0.15, -0.1) is 0 Å². The molecule has 0 fully saturated rings. The summed E-state index contributed by atoms with van der Waals surface area (Å²) in [6.07, 6.45) is 4.27. The molecule has 1 aliphatic rings. The minimum atomic E-state index is 0.145. The second-order valence-electron chi connectivity index (χ2n) is 8.08. The van der Waals surface area contributed by atoms with Crippen molar-refractivity contribution in [2.24, 2.45) is 0 Å². The smallest absolute Gasteiger partial charge is 0.157 e. The SMILES string of the molecule is CC(C)Oc1ccc(Nc2c3c(c(C#N)c4nc5ccccc5n24)CCCC3)cc1. The molecule has 0 bridgehead atoms. The van der Waals surface area contributed by atoms with Crippen LogP contribution in [-0.2, 0) is 12.8 Å². The molecule has 5 heteroatoms. The van der Waals surface area contributed by atoms with E-state index in [0.717, 1.165) is 65.2 Å². The Morgan fingerprint density at radius 2 is 1.77 bits per heavy atom. The summed E-state index contributed by atoms with van der Waals surface area (Å²) in [6, 6.07) is 18.6. The van der Waals surface area contributed by atoms with Crippen molar-refractivity contribution in [2.75, 3.05) is 5.32 Å². The Morgan fingerprint density at radius 1 is 1.03 bits per heavy atom. The molecule has 0 saturated heterocycles. The molecule has 2 heterocycles. The van der Waals surface area contributed by atoms with Crippen LogP contribution in [0.15, 0.2) is 48.5 Å². The molecular weight excluding hydrogens is 372 g/mol. The summed E-state index contributed by atoms with van der Waals surface area (Å²) in [5.41, 5.74) is 6.74. The van der Waals surface area contributed by atoms with Crippen LogP contribution < -0.4 is 10.1 Å². The van der Waals surface area contributed by atoms with Crippen LogP contribution >= 0.6 is 0 Å². The fraction of sp³-hybridized carbons (Fsp3) is 0.280. The number of pyridine rings is 1. The number of rotatable bonds is 4. The zero-order valence-corrected chi connectivity index (χ0v) is 17.3. The number of hydrogen-bond acceptors (Lipinski definition) is 4. The number of benzene rings is 2. The fourth-order valence-electron chi connectivity index (χ4n) is 4.41. The number of para-hydroxylation sites is 2. The zero-order chi connectivity index (χ0) is 20.7. The molecule has 2 aromatic carbocycles. The largest absolute Gasteiger partial charge is 0.491 e. The van der Waals surface area contributed by atoms with Crippen LogP contribution in [0.4, 0.5) is 11.5 Å². The van der Waals surface area contributed by atoms with Crippen molar-refractivity contribution in [2.45, 2.75) is 45.6 Å². The first-order valence-corrected chi connectivity index (χ1v) is 10.5. The second-order valence-corrected chi connectivity index (χ2v) is 8.08. The number of fused-ring (bicyclic) bond motifs is 4. The van der Waals surface area contributed by atoms with Gasteiger partial charge in [-0.3, -0.25) is 4.40 Å². The quantitative estimate of drug-likeness (QED) is 0.476. The lowest BCUT2D eigenvalue weighted by Gasteiger charge is -2.23. The monoisotopic (exact) mass is 396 g/mol. The molecule has 4 aromatic rings. The predicted molar refractivity (Wildman–Crippen MR) is 120 cm³/mol. The molecule has 0 aliphatic heterocycles. The highest BCUT2D eigenvalue weighted by Crippen LogP contribution is 2.37. The third-order valence-electron chi connectivity index (χ3n) is 5.66. The van der Waals surface area contributed by atoms with E-state index in [-0.39, 0.29) is 6.10 Å². The number of hydrogen-bond donors (Lipinski definition) is 1. The molecule has 5 nitrogen and oxygen atoms in total. The maximum absolute atomic E-state index is 9.96. The first-order valence-electron chi connectivity index (χ1n) is 10.5. The second kappa shape index (κ2) is 7.38. The molecule has 0 radical (unpaired) electrons. The van der Waals surface area contributed by atoms with E-state index in [4.69, 9.17) is 9.72 Å². The lowest BCUT2D eigenvalue weighted by Crippen LogP contribution is -2.13. The number of aromatic nitrogens is 2. The van der Waals surface area contributed by atoms with Gasteiger partial charge in [-0.25, -0.2) is 4.98 Å². The Balaban J connectivity index is 1.71. The van der Waals surface area contributed by atoms with E-state index in [1.54, 1.807) is 0 Å². The maximum atomic E-state index is 9.96. The summed E-state index contributed by atoms with van der Waals surface area (Å²) in [7, 11) is 0. The van der Waals surface area contributed by atoms with Gasteiger partial charge in [-0.05, 0) is 87.1 Å². The molecular formula is C25H24N4O. The van der Waals surface area contributed by atoms with E-state index in [0.29, 0.717) is 5.56 Å². The highest BCUT2D eigenvalue weighted by atomic mass is 16.5. The van der Waals surface area contributed by atoms with Crippen molar-refractivity contribution < 1.29 is 4.74 Å². The first-order chi connectivity index (χ1) is 14.7.